The molecule has 0 spiro atoms. The highest BCUT2D eigenvalue weighted by molar-refractivity contribution is 7.15. The van der Waals surface area contributed by atoms with Crippen LogP contribution in [0.15, 0.2) is 22.2 Å². The molecule has 0 aliphatic rings. The van der Waals surface area contributed by atoms with Gasteiger partial charge >= 0.3 is 0 Å². The molecule has 0 aliphatic heterocycles. The molecule has 2 rings (SSSR count). The Bertz CT molecular complexity index is 373. The molecule has 0 atom stereocenters. The second-order valence-electron chi connectivity index (χ2n) is 2.56. The summed E-state index contributed by atoms with van der Waals surface area (Å²) in [7, 11) is 0. The quantitative estimate of drug-likeness (QED) is 0.659. The summed E-state index contributed by atoms with van der Waals surface area (Å²) < 4.78 is 0.899. The van der Waals surface area contributed by atoms with Crippen molar-refractivity contribution < 1.29 is 0 Å². The highest BCUT2D eigenvalue weighted by Crippen LogP contribution is 2.34. The average molecular weight is 215 g/mol. The second kappa shape index (κ2) is 3.21. The fourth-order valence-corrected chi connectivity index (χ4v) is 2.81. The van der Waals surface area contributed by atoms with E-state index < -0.39 is 0 Å². The SMILES string of the molecule is Cc1c(-c2ccsc2)csc1Cl. The van der Waals surface area contributed by atoms with Gasteiger partial charge < -0.3 is 0 Å². The lowest BCUT2D eigenvalue weighted by Crippen LogP contribution is -1.71. The van der Waals surface area contributed by atoms with Gasteiger partial charge in [-0.3, -0.25) is 0 Å². The first kappa shape index (κ1) is 8.30. The standard InChI is InChI=1S/C9H7ClS2/c1-6-8(5-12-9(6)10)7-2-3-11-4-7/h2-5H,1H3. The van der Waals surface area contributed by atoms with Crippen molar-refractivity contribution in [1.29, 1.82) is 0 Å². The number of rotatable bonds is 1. The van der Waals surface area contributed by atoms with E-state index in [1.54, 1.807) is 22.7 Å². The van der Waals surface area contributed by atoms with Gasteiger partial charge in [0.1, 0.15) is 0 Å². The fourth-order valence-electron chi connectivity index (χ4n) is 1.10. The van der Waals surface area contributed by atoms with E-state index in [-0.39, 0.29) is 0 Å². The summed E-state index contributed by atoms with van der Waals surface area (Å²) in [5.74, 6) is 0. The zero-order valence-electron chi connectivity index (χ0n) is 6.50. The zero-order chi connectivity index (χ0) is 8.55. The summed E-state index contributed by atoms with van der Waals surface area (Å²) in [6, 6.07) is 2.12. The van der Waals surface area contributed by atoms with Gasteiger partial charge in [-0.15, -0.1) is 11.3 Å². The van der Waals surface area contributed by atoms with E-state index in [0.717, 1.165) is 4.34 Å². The van der Waals surface area contributed by atoms with Gasteiger partial charge in [0.2, 0.25) is 0 Å². The van der Waals surface area contributed by atoms with Crippen LogP contribution in [-0.4, -0.2) is 0 Å². The van der Waals surface area contributed by atoms with Crippen molar-refractivity contribution in [2.75, 3.05) is 0 Å². The Balaban J connectivity index is 2.55. The summed E-state index contributed by atoms with van der Waals surface area (Å²) in [5, 5.41) is 6.34. The molecule has 0 saturated heterocycles. The average Bonchev–Trinajstić information content (AvgIpc) is 2.64. The lowest BCUT2D eigenvalue weighted by molar-refractivity contribution is 1.55. The molecule has 0 aliphatic carbocycles. The van der Waals surface area contributed by atoms with Crippen molar-refractivity contribution in [1.82, 2.24) is 0 Å². The third-order valence-electron chi connectivity index (χ3n) is 1.81. The van der Waals surface area contributed by atoms with Crippen LogP contribution in [0.3, 0.4) is 0 Å². The van der Waals surface area contributed by atoms with Gasteiger partial charge in [-0.2, -0.15) is 11.3 Å². The van der Waals surface area contributed by atoms with Crippen LogP contribution in [-0.2, 0) is 0 Å². The molecule has 0 radical (unpaired) electrons. The normalized spacial score (nSPS) is 10.5. The molecular weight excluding hydrogens is 208 g/mol. The van der Waals surface area contributed by atoms with Crippen LogP contribution < -0.4 is 0 Å². The zero-order valence-corrected chi connectivity index (χ0v) is 8.89. The molecule has 62 valence electrons. The molecule has 12 heavy (non-hydrogen) atoms. The van der Waals surface area contributed by atoms with Crippen molar-refractivity contribution in [3.05, 3.63) is 32.1 Å². The van der Waals surface area contributed by atoms with E-state index in [2.05, 4.69) is 29.1 Å². The van der Waals surface area contributed by atoms with Gasteiger partial charge in [-0.1, -0.05) is 11.6 Å². The number of halogens is 1. The molecule has 2 aromatic rings. The summed E-state index contributed by atoms with van der Waals surface area (Å²) in [6.45, 7) is 2.06. The maximum Gasteiger partial charge on any atom is 0.0963 e. The molecule has 0 saturated carbocycles. The van der Waals surface area contributed by atoms with E-state index in [1.807, 2.05) is 0 Å². The second-order valence-corrected chi connectivity index (χ2v) is 4.82. The highest BCUT2D eigenvalue weighted by atomic mass is 35.5. The smallest absolute Gasteiger partial charge is 0.0963 e. The van der Waals surface area contributed by atoms with Crippen LogP contribution >= 0.6 is 34.3 Å². The predicted octanol–water partition coefficient (Wildman–Crippen LogP) is 4.44. The minimum absolute atomic E-state index is 0.899. The third-order valence-corrected chi connectivity index (χ3v) is 3.91. The molecule has 0 unspecified atom stereocenters. The van der Waals surface area contributed by atoms with E-state index in [4.69, 9.17) is 11.6 Å². The first-order valence-corrected chi connectivity index (χ1v) is 5.75. The summed E-state index contributed by atoms with van der Waals surface area (Å²) in [5.41, 5.74) is 3.74. The summed E-state index contributed by atoms with van der Waals surface area (Å²) in [6.07, 6.45) is 0. The van der Waals surface area contributed by atoms with Crippen molar-refractivity contribution in [2.24, 2.45) is 0 Å². The fraction of sp³-hybridized carbons (Fsp3) is 0.111. The molecule has 2 heterocycles. The molecule has 0 nitrogen and oxygen atoms in total. The molecule has 0 bridgehead atoms. The Morgan fingerprint density at radius 3 is 2.67 bits per heavy atom. The molecule has 0 N–H and O–H groups in total. The Labute approximate surface area is 84.4 Å². The molecule has 3 heteroatoms. The maximum absolute atomic E-state index is 5.97. The van der Waals surface area contributed by atoms with Gasteiger partial charge in [0.05, 0.1) is 4.34 Å². The molecular formula is C9H7ClS2. The summed E-state index contributed by atoms with van der Waals surface area (Å²) >= 11 is 9.28. The number of hydrogen-bond donors (Lipinski definition) is 0. The molecule has 0 fully saturated rings. The molecule has 2 aromatic heterocycles. The summed E-state index contributed by atoms with van der Waals surface area (Å²) in [4.78, 5) is 0. The predicted molar refractivity (Wildman–Crippen MR) is 57.4 cm³/mol. The van der Waals surface area contributed by atoms with Crippen molar-refractivity contribution in [3.63, 3.8) is 0 Å². The van der Waals surface area contributed by atoms with Crippen molar-refractivity contribution >= 4 is 34.3 Å². The number of thiophene rings is 2. The minimum Gasteiger partial charge on any atom is -0.152 e. The first-order chi connectivity index (χ1) is 5.79. The van der Waals surface area contributed by atoms with E-state index in [9.17, 15) is 0 Å². The van der Waals surface area contributed by atoms with Crippen LogP contribution in [0.1, 0.15) is 5.56 Å². The minimum atomic E-state index is 0.899. The Kier molecular flexibility index (Phi) is 2.22. The number of hydrogen-bond acceptors (Lipinski definition) is 2. The van der Waals surface area contributed by atoms with Gasteiger partial charge in [-0.25, -0.2) is 0 Å². The topological polar surface area (TPSA) is 0 Å². The van der Waals surface area contributed by atoms with E-state index >= 15 is 0 Å². The Hall–Kier alpha value is -0.310. The van der Waals surface area contributed by atoms with Crippen LogP contribution in [0.4, 0.5) is 0 Å². The Morgan fingerprint density at radius 2 is 2.17 bits per heavy atom. The monoisotopic (exact) mass is 214 g/mol. The van der Waals surface area contributed by atoms with Gasteiger partial charge in [0.15, 0.2) is 0 Å². The van der Waals surface area contributed by atoms with Gasteiger partial charge in [-0.05, 0) is 40.4 Å². The Morgan fingerprint density at radius 1 is 1.33 bits per heavy atom. The largest absolute Gasteiger partial charge is 0.152 e. The lowest BCUT2D eigenvalue weighted by atomic mass is 10.1. The molecule has 0 aromatic carbocycles. The van der Waals surface area contributed by atoms with Crippen LogP contribution in [0.25, 0.3) is 11.1 Å². The molecule has 0 amide bonds. The van der Waals surface area contributed by atoms with Crippen LogP contribution in [0.5, 0.6) is 0 Å². The van der Waals surface area contributed by atoms with Crippen molar-refractivity contribution in [3.8, 4) is 11.1 Å². The maximum atomic E-state index is 5.97. The van der Waals surface area contributed by atoms with Crippen molar-refractivity contribution in [2.45, 2.75) is 6.92 Å². The third kappa shape index (κ3) is 1.30. The van der Waals surface area contributed by atoms with E-state index in [0.29, 0.717) is 0 Å². The highest BCUT2D eigenvalue weighted by Gasteiger charge is 2.06. The van der Waals surface area contributed by atoms with Crippen LogP contribution in [0, 0.1) is 6.92 Å². The lowest BCUT2D eigenvalue weighted by Gasteiger charge is -1.93. The van der Waals surface area contributed by atoms with Gasteiger partial charge in [0.25, 0.3) is 0 Å². The van der Waals surface area contributed by atoms with Crippen LogP contribution in [0.2, 0.25) is 4.34 Å². The van der Waals surface area contributed by atoms with Gasteiger partial charge in [0, 0.05) is 5.38 Å². The van der Waals surface area contributed by atoms with E-state index in [1.165, 1.54) is 16.7 Å². The first-order valence-electron chi connectivity index (χ1n) is 3.55.